The molecular formula is C19H25Cl2NO4S2. The van der Waals surface area contributed by atoms with Gasteiger partial charge >= 0.3 is 0 Å². The Morgan fingerprint density at radius 1 is 1.00 bits per heavy atom. The molecule has 5 nitrogen and oxygen atoms in total. The number of ether oxygens (including phenoxy) is 2. The Morgan fingerprint density at radius 2 is 1.68 bits per heavy atom. The van der Waals surface area contributed by atoms with E-state index in [-0.39, 0.29) is 20.1 Å². The van der Waals surface area contributed by atoms with E-state index in [0.29, 0.717) is 42.0 Å². The fourth-order valence-electron chi connectivity index (χ4n) is 2.04. The smallest absolute Gasteiger partial charge is 0.179 e. The molecule has 0 aliphatic carbocycles. The van der Waals surface area contributed by atoms with Crippen molar-refractivity contribution in [3.05, 3.63) is 47.5 Å². The first-order valence-electron chi connectivity index (χ1n) is 8.54. The summed E-state index contributed by atoms with van der Waals surface area (Å²) in [4.78, 5) is 0. The van der Waals surface area contributed by atoms with Gasteiger partial charge < -0.3 is 18.8 Å². The lowest BCUT2D eigenvalue weighted by Gasteiger charge is -2.17. The van der Waals surface area contributed by atoms with Gasteiger partial charge in [-0.15, -0.1) is 11.6 Å². The van der Waals surface area contributed by atoms with Crippen LogP contribution in [0.5, 0.6) is 17.2 Å². The molecule has 0 unspecified atom stereocenters. The number of aliphatic hydroxyl groups excluding tert-OH is 1. The van der Waals surface area contributed by atoms with Gasteiger partial charge in [0.1, 0.15) is 17.2 Å². The molecule has 0 amide bonds. The van der Waals surface area contributed by atoms with Crippen LogP contribution in [0.15, 0.2) is 42.5 Å². The van der Waals surface area contributed by atoms with Gasteiger partial charge in [-0.05, 0) is 42.8 Å². The van der Waals surface area contributed by atoms with Crippen LogP contribution in [0, 0.1) is 0 Å². The molecule has 0 aromatic heterocycles. The molecule has 0 saturated carbocycles. The van der Waals surface area contributed by atoms with Crippen LogP contribution >= 0.6 is 48.9 Å². The number of hydrogen-bond donors (Lipinski definition) is 1. The second kappa shape index (κ2) is 14.0. The second-order valence-electron chi connectivity index (χ2n) is 5.56. The van der Waals surface area contributed by atoms with Gasteiger partial charge in [-0.25, -0.2) is 0 Å². The van der Waals surface area contributed by atoms with Gasteiger partial charge in [0.05, 0.1) is 18.2 Å². The summed E-state index contributed by atoms with van der Waals surface area (Å²) in [5.41, 5.74) is 0.960. The van der Waals surface area contributed by atoms with E-state index < -0.39 is 0 Å². The molecule has 0 aliphatic heterocycles. The molecule has 9 heteroatoms. The standard InChI is InChI=1S/C19H23Cl2NO4S.H2S/c1-22(15-4-6-16(7-5-15)24-13-3-11-23)27-26-17-8-9-19(18(21)14-17)25-12-2-10-20;/h4-9,14,23H,2-3,10-13H2,1H3;1H2. The number of anilines is 1. The Balaban J connectivity index is 0.00000392. The maximum absolute atomic E-state index is 8.77. The molecule has 0 aliphatic rings. The number of nitrogens with zero attached hydrogens (tertiary/aromatic N) is 1. The van der Waals surface area contributed by atoms with E-state index >= 15 is 0 Å². The summed E-state index contributed by atoms with van der Waals surface area (Å²) in [7, 11) is 1.90. The quantitative estimate of drug-likeness (QED) is 0.198. The van der Waals surface area contributed by atoms with Crippen molar-refractivity contribution in [2.24, 2.45) is 0 Å². The maximum atomic E-state index is 8.77. The molecule has 0 spiro atoms. The van der Waals surface area contributed by atoms with E-state index in [4.69, 9.17) is 42.0 Å². The lowest BCUT2D eigenvalue weighted by molar-refractivity contribution is 0.233. The van der Waals surface area contributed by atoms with Crippen LogP contribution in [0.1, 0.15) is 12.8 Å². The number of benzene rings is 2. The molecule has 0 bridgehead atoms. The van der Waals surface area contributed by atoms with E-state index in [0.717, 1.165) is 17.9 Å². The normalized spacial score (nSPS) is 10.1. The molecule has 0 fully saturated rings. The number of halogens is 2. The van der Waals surface area contributed by atoms with Gasteiger partial charge in [-0.2, -0.15) is 13.5 Å². The predicted molar refractivity (Wildman–Crippen MR) is 123 cm³/mol. The molecule has 2 aromatic rings. The number of aliphatic hydroxyl groups is 1. The minimum Gasteiger partial charge on any atom is -0.494 e. The second-order valence-corrected chi connectivity index (χ2v) is 7.21. The van der Waals surface area contributed by atoms with E-state index in [1.807, 2.05) is 35.6 Å². The molecule has 0 radical (unpaired) electrons. The van der Waals surface area contributed by atoms with Crippen molar-refractivity contribution in [3.63, 3.8) is 0 Å². The van der Waals surface area contributed by atoms with Gasteiger partial charge in [0.15, 0.2) is 12.2 Å². The fourth-order valence-corrected chi connectivity index (χ4v) is 2.88. The van der Waals surface area contributed by atoms with Crippen molar-refractivity contribution < 1.29 is 18.8 Å². The molecule has 2 rings (SSSR count). The molecule has 0 heterocycles. The Bertz CT molecular complexity index is 692. The van der Waals surface area contributed by atoms with Crippen LogP contribution in [0.4, 0.5) is 5.69 Å². The third kappa shape index (κ3) is 8.49. The molecule has 156 valence electrons. The highest BCUT2D eigenvalue weighted by atomic mass is 35.5. The van der Waals surface area contributed by atoms with Crippen LogP contribution in [-0.2, 0) is 0 Å². The highest BCUT2D eigenvalue weighted by molar-refractivity contribution is 7.96. The van der Waals surface area contributed by atoms with Crippen molar-refractivity contribution in [2.75, 3.05) is 37.1 Å². The lowest BCUT2D eigenvalue weighted by Crippen LogP contribution is -2.08. The summed E-state index contributed by atoms with van der Waals surface area (Å²) in [5, 5.41) is 9.27. The Hall–Kier alpha value is -1.12. The van der Waals surface area contributed by atoms with Crippen molar-refractivity contribution in [3.8, 4) is 17.2 Å². The first-order chi connectivity index (χ1) is 13.1. The minimum absolute atomic E-state index is 0. The SMILES string of the molecule is CN(SOc1ccc(OCCCCl)c(Cl)c1)c1ccc(OCCCO)cc1.S. The third-order valence-corrected chi connectivity index (χ3v) is 4.72. The summed E-state index contributed by atoms with van der Waals surface area (Å²) < 4.78 is 18.7. The van der Waals surface area contributed by atoms with Crippen LogP contribution in [-0.4, -0.2) is 37.9 Å². The zero-order valence-corrected chi connectivity index (χ0v) is 18.9. The molecule has 0 saturated heterocycles. The highest BCUT2D eigenvalue weighted by Crippen LogP contribution is 2.32. The van der Waals surface area contributed by atoms with Crippen molar-refractivity contribution >= 4 is 54.6 Å². The maximum Gasteiger partial charge on any atom is 0.179 e. The largest absolute Gasteiger partial charge is 0.494 e. The summed E-state index contributed by atoms with van der Waals surface area (Å²) in [6, 6.07) is 12.9. The Labute approximate surface area is 187 Å². The Morgan fingerprint density at radius 3 is 2.32 bits per heavy atom. The van der Waals surface area contributed by atoms with Crippen molar-refractivity contribution in [1.29, 1.82) is 0 Å². The van der Waals surface area contributed by atoms with Crippen LogP contribution in [0.2, 0.25) is 5.02 Å². The van der Waals surface area contributed by atoms with Crippen LogP contribution < -0.4 is 18.0 Å². The van der Waals surface area contributed by atoms with Gasteiger partial charge in [0.2, 0.25) is 0 Å². The highest BCUT2D eigenvalue weighted by Gasteiger charge is 2.08. The van der Waals surface area contributed by atoms with Crippen LogP contribution in [0.3, 0.4) is 0 Å². The summed E-state index contributed by atoms with van der Waals surface area (Å²) in [5.74, 6) is 2.57. The molecule has 0 atom stereocenters. The lowest BCUT2D eigenvalue weighted by atomic mass is 10.3. The van der Waals surface area contributed by atoms with E-state index in [9.17, 15) is 0 Å². The molecule has 28 heavy (non-hydrogen) atoms. The topological polar surface area (TPSA) is 51.2 Å². The zero-order chi connectivity index (χ0) is 19.5. The van der Waals surface area contributed by atoms with E-state index in [1.165, 1.54) is 12.2 Å². The molecule has 2 aromatic carbocycles. The van der Waals surface area contributed by atoms with Gasteiger partial charge in [0.25, 0.3) is 0 Å². The number of hydrogen-bond acceptors (Lipinski definition) is 6. The third-order valence-electron chi connectivity index (χ3n) is 3.46. The van der Waals surface area contributed by atoms with Crippen molar-refractivity contribution in [2.45, 2.75) is 12.8 Å². The fraction of sp³-hybridized carbons (Fsp3) is 0.368. The van der Waals surface area contributed by atoms with Crippen LogP contribution in [0.25, 0.3) is 0 Å². The first-order valence-corrected chi connectivity index (χ1v) is 10.2. The molecule has 1 N–H and O–H groups in total. The monoisotopic (exact) mass is 465 g/mol. The average molecular weight is 466 g/mol. The summed E-state index contributed by atoms with van der Waals surface area (Å²) >= 11 is 13.0. The number of rotatable bonds is 12. The minimum atomic E-state index is 0. The van der Waals surface area contributed by atoms with E-state index in [1.54, 1.807) is 18.2 Å². The molecular weight excluding hydrogens is 441 g/mol. The number of alkyl halides is 1. The van der Waals surface area contributed by atoms with Crippen molar-refractivity contribution in [1.82, 2.24) is 0 Å². The average Bonchev–Trinajstić information content (AvgIpc) is 2.68. The first kappa shape index (κ1) is 24.9. The van der Waals surface area contributed by atoms with Gasteiger partial charge in [-0.3, -0.25) is 4.31 Å². The Kier molecular flexibility index (Phi) is 12.4. The predicted octanol–water partition coefficient (Wildman–Crippen LogP) is 5.30. The summed E-state index contributed by atoms with van der Waals surface area (Å²) in [6.07, 6.45) is 1.38. The van der Waals surface area contributed by atoms with Gasteiger partial charge in [0, 0.05) is 37.7 Å². The van der Waals surface area contributed by atoms with E-state index in [2.05, 4.69) is 0 Å². The summed E-state index contributed by atoms with van der Waals surface area (Å²) in [6.45, 7) is 1.15. The zero-order valence-electron chi connectivity index (χ0n) is 15.6. The van der Waals surface area contributed by atoms with Gasteiger partial charge in [-0.1, -0.05) is 11.6 Å².